The molecular formula is C51H30N2O. The molecule has 1 spiro atoms. The van der Waals surface area contributed by atoms with Crippen molar-refractivity contribution in [2.24, 2.45) is 0 Å². The second-order valence-electron chi connectivity index (χ2n) is 14.4. The third-order valence-corrected chi connectivity index (χ3v) is 11.7. The maximum Gasteiger partial charge on any atom is 0.161 e. The number of benzene rings is 8. The molecule has 10 aromatic rings. The van der Waals surface area contributed by atoms with Crippen LogP contribution in [0.2, 0.25) is 0 Å². The number of hydrogen-bond donors (Lipinski definition) is 0. The predicted octanol–water partition coefficient (Wildman–Crippen LogP) is 12.9. The summed E-state index contributed by atoms with van der Waals surface area (Å²) in [5.74, 6) is 0.724. The van der Waals surface area contributed by atoms with Gasteiger partial charge in [-0.1, -0.05) is 164 Å². The molecule has 0 radical (unpaired) electrons. The van der Waals surface area contributed by atoms with Gasteiger partial charge in [-0.25, -0.2) is 9.97 Å². The molecule has 2 aromatic heterocycles. The summed E-state index contributed by atoms with van der Waals surface area (Å²) in [6, 6.07) is 65.2. The largest absolute Gasteiger partial charge is 0.456 e. The van der Waals surface area contributed by atoms with E-state index in [0.717, 1.165) is 50.1 Å². The third-order valence-electron chi connectivity index (χ3n) is 11.7. The summed E-state index contributed by atoms with van der Waals surface area (Å²) >= 11 is 0. The van der Waals surface area contributed by atoms with Crippen molar-refractivity contribution in [1.29, 1.82) is 0 Å². The average Bonchev–Trinajstić information content (AvgIpc) is 3.88. The van der Waals surface area contributed by atoms with Gasteiger partial charge in [-0.15, -0.1) is 0 Å². The quantitative estimate of drug-likeness (QED) is 0.186. The number of nitrogens with zero attached hydrogens (tertiary/aromatic N) is 2. The Kier molecular flexibility index (Phi) is 5.98. The Morgan fingerprint density at radius 1 is 0.370 bits per heavy atom. The topological polar surface area (TPSA) is 38.9 Å². The van der Waals surface area contributed by atoms with Crippen molar-refractivity contribution >= 4 is 32.8 Å². The number of aromatic nitrogens is 2. The van der Waals surface area contributed by atoms with Crippen molar-refractivity contribution in [3.63, 3.8) is 0 Å². The van der Waals surface area contributed by atoms with Gasteiger partial charge in [-0.3, -0.25) is 0 Å². The highest BCUT2D eigenvalue weighted by atomic mass is 16.3. The third kappa shape index (κ3) is 3.85. The number of furan rings is 1. The lowest BCUT2D eigenvalue weighted by molar-refractivity contribution is 0.668. The summed E-state index contributed by atoms with van der Waals surface area (Å²) in [6.07, 6.45) is 0. The normalized spacial score (nSPS) is 15.1. The second-order valence-corrected chi connectivity index (χ2v) is 14.4. The van der Waals surface area contributed by atoms with Gasteiger partial charge in [-0.05, 0) is 73.8 Å². The van der Waals surface area contributed by atoms with E-state index in [1.54, 1.807) is 0 Å². The monoisotopic (exact) mass is 686 g/mol. The summed E-state index contributed by atoms with van der Waals surface area (Å²) < 4.78 is 6.45. The van der Waals surface area contributed by atoms with Crippen LogP contribution in [-0.2, 0) is 5.41 Å². The van der Waals surface area contributed by atoms with Crippen LogP contribution in [0, 0.1) is 0 Å². The van der Waals surface area contributed by atoms with Gasteiger partial charge in [0.15, 0.2) is 5.82 Å². The molecule has 2 aliphatic carbocycles. The van der Waals surface area contributed by atoms with Crippen LogP contribution >= 0.6 is 0 Å². The first kappa shape index (κ1) is 29.5. The lowest BCUT2D eigenvalue weighted by Crippen LogP contribution is -2.25. The number of para-hydroxylation sites is 2. The zero-order valence-electron chi connectivity index (χ0n) is 29.1. The first-order valence-corrected chi connectivity index (χ1v) is 18.5. The van der Waals surface area contributed by atoms with E-state index in [1.807, 2.05) is 6.07 Å². The maximum atomic E-state index is 6.45. The van der Waals surface area contributed by atoms with Gasteiger partial charge in [0.1, 0.15) is 11.2 Å². The molecule has 0 bridgehead atoms. The van der Waals surface area contributed by atoms with Gasteiger partial charge in [0.25, 0.3) is 0 Å². The van der Waals surface area contributed by atoms with E-state index in [2.05, 4.69) is 176 Å². The molecule has 3 nitrogen and oxygen atoms in total. The maximum absolute atomic E-state index is 6.45. The molecule has 1 unspecified atom stereocenters. The van der Waals surface area contributed by atoms with Gasteiger partial charge < -0.3 is 4.42 Å². The van der Waals surface area contributed by atoms with E-state index >= 15 is 0 Å². The summed E-state index contributed by atoms with van der Waals surface area (Å²) in [5, 5.41) is 3.36. The van der Waals surface area contributed by atoms with Crippen molar-refractivity contribution in [3.05, 3.63) is 204 Å². The molecule has 8 aromatic carbocycles. The van der Waals surface area contributed by atoms with Gasteiger partial charge in [0.05, 0.1) is 16.6 Å². The fraction of sp³-hybridized carbons (Fsp3) is 0.0196. The Morgan fingerprint density at radius 2 is 0.963 bits per heavy atom. The van der Waals surface area contributed by atoms with Crippen LogP contribution in [0.4, 0.5) is 0 Å². The van der Waals surface area contributed by atoms with Crippen molar-refractivity contribution in [3.8, 4) is 56.0 Å². The van der Waals surface area contributed by atoms with Crippen LogP contribution in [0.3, 0.4) is 0 Å². The number of rotatable bonds is 3. The minimum absolute atomic E-state index is 0.520. The first-order chi connectivity index (χ1) is 26.8. The molecule has 2 aliphatic rings. The predicted molar refractivity (Wildman–Crippen MR) is 219 cm³/mol. The van der Waals surface area contributed by atoms with Crippen molar-refractivity contribution in [2.45, 2.75) is 5.41 Å². The molecule has 0 amide bonds. The van der Waals surface area contributed by atoms with E-state index < -0.39 is 5.41 Å². The Hall–Kier alpha value is -7.10. The van der Waals surface area contributed by atoms with Crippen LogP contribution in [0.15, 0.2) is 186 Å². The highest BCUT2D eigenvalue weighted by Gasteiger charge is 2.53. The fourth-order valence-corrected chi connectivity index (χ4v) is 9.55. The van der Waals surface area contributed by atoms with E-state index in [0.29, 0.717) is 0 Å². The lowest BCUT2D eigenvalue weighted by atomic mass is 9.70. The molecule has 0 saturated carbocycles. The molecule has 0 aliphatic heterocycles. The van der Waals surface area contributed by atoms with Crippen molar-refractivity contribution in [2.75, 3.05) is 0 Å². The summed E-state index contributed by atoms with van der Waals surface area (Å²) in [4.78, 5) is 10.7. The Balaban J connectivity index is 1.13. The Morgan fingerprint density at radius 3 is 1.78 bits per heavy atom. The zero-order chi connectivity index (χ0) is 35.4. The standard InChI is InChI=1S/C51H30N2O/c1-2-13-31(14-3-1)32-25-27-33(28-26-32)49-36-17-6-10-23-43(36)52-50(53-49)38-19-12-22-41-46(38)34-15-4-8-20-39(34)51(41)40-21-9-5-16-35(40)47-42(51)29-30-45-48(47)37-18-7-11-24-44(37)54-45/h1-30H. The molecule has 3 heteroatoms. The first-order valence-electron chi connectivity index (χ1n) is 18.5. The Bertz CT molecular complexity index is 3160. The molecule has 1 atom stereocenters. The average molecular weight is 687 g/mol. The molecule has 0 fully saturated rings. The smallest absolute Gasteiger partial charge is 0.161 e. The van der Waals surface area contributed by atoms with Gasteiger partial charge in [0, 0.05) is 27.3 Å². The zero-order valence-corrected chi connectivity index (χ0v) is 29.1. The highest BCUT2D eigenvalue weighted by molar-refractivity contribution is 6.16. The van der Waals surface area contributed by atoms with Crippen LogP contribution in [0.25, 0.3) is 88.9 Å². The molecule has 0 saturated heterocycles. The SMILES string of the molecule is c1ccc(-c2ccc(-c3nc(-c4cccc5c4-c4ccccc4C54c5ccccc5-c5c4ccc4oc6ccccc6c54)nc4ccccc34)cc2)cc1. The van der Waals surface area contributed by atoms with E-state index in [9.17, 15) is 0 Å². The van der Waals surface area contributed by atoms with Gasteiger partial charge >= 0.3 is 0 Å². The molecule has 54 heavy (non-hydrogen) atoms. The van der Waals surface area contributed by atoms with Crippen LogP contribution < -0.4 is 0 Å². The number of hydrogen-bond acceptors (Lipinski definition) is 3. The molecule has 0 N–H and O–H groups in total. The second kappa shape index (κ2) is 11.0. The summed E-state index contributed by atoms with van der Waals surface area (Å²) in [6.45, 7) is 0. The Labute approximate surface area is 311 Å². The molecule has 2 heterocycles. The van der Waals surface area contributed by atoms with Crippen LogP contribution in [0.5, 0.6) is 0 Å². The summed E-state index contributed by atoms with van der Waals surface area (Å²) in [7, 11) is 0. The highest BCUT2D eigenvalue weighted by Crippen LogP contribution is 2.65. The molecule has 12 rings (SSSR count). The minimum Gasteiger partial charge on any atom is -0.456 e. The fourth-order valence-electron chi connectivity index (χ4n) is 9.55. The number of fused-ring (bicyclic) bond motifs is 15. The lowest BCUT2D eigenvalue weighted by Gasteiger charge is -2.30. The van der Waals surface area contributed by atoms with E-state index in [4.69, 9.17) is 14.4 Å². The molecular weight excluding hydrogens is 657 g/mol. The van der Waals surface area contributed by atoms with Gasteiger partial charge in [0.2, 0.25) is 0 Å². The van der Waals surface area contributed by atoms with Crippen LogP contribution in [0.1, 0.15) is 22.3 Å². The van der Waals surface area contributed by atoms with E-state index in [-0.39, 0.29) is 0 Å². The minimum atomic E-state index is -0.520. The molecule has 250 valence electrons. The van der Waals surface area contributed by atoms with Crippen molar-refractivity contribution in [1.82, 2.24) is 9.97 Å². The van der Waals surface area contributed by atoms with E-state index in [1.165, 1.54) is 61.0 Å². The van der Waals surface area contributed by atoms with Crippen LogP contribution in [-0.4, -0.2) is 9.97 Å². The van der Waals surface area contributed by atoms with Gasteiger partial charge in [-0.2, -0.15) is 0 Å². The summed E-state index contributed by atoms with van der Waals surface area (Å²) in [5.41, 5.74) is 17.6. The van der Waals surface area contributed by atoms with Crippen molar-refractivity contribution < 1.29 is 4.42 Å².